The first-order valence-electron chi connectivity index (χ1n) is 7.38. The number of hydrogen-bond donors (Lipinski definition) is 0. The summed E-state index contributed by atoms with van der Waals surface area (Å²) in [6.07, 6.45) is 5.83. The van der Waals surface area contributed by atoms with Gasteiger partial charge in [0.05, 0.1) is 5.02 Å². The molecule has 0 amide bonds. The van der Waals surface area contributed by atoms with Crippen LogP contribution in [0.5, 0.6) is 0 Å². The van der Waals surface area contributed by atoms with Crippen molar-refractivity contribution < 1.29 is 0 Å². The van der Waals surface area contributed by atoms with Gasteiger partial charge in [-0.2, -0.15) is 9.78 Å². The quantitative estimate of drug-likeness (QED) is 0.742. The van der Waals surface area contributed by atoms with Crippen molar-refractivity contribution in [3.8, 4) is 17.3 Å². The van der Waals surface area contributed by atoms with Crippen LogP contribution in [0.15, 0.2) is 30.6 Å². The minimum Gasteiger partial charge on any atom is -0.271 e. The van der Waals surface area contributed by atoms with Crippen molar-refractivity contribution in [3.63, 3.8) is 0 Å². The van der Waals surface area contributed by atoms with Crippen LogP contribution in [-0.2, 0) is 6.54 Å². The molecule has 0 aromatic carbocycles. The maximum atomic E-state index is 6.34. The summed E-state index contributed by atoms with van der Waals surface area (Å²) in [5, 5.41) is 9.72. The van der Waals surface area contributed by atoms with E-state index in [4.69, 9.17) is 11.6 Å². The fourth-order valence-corrected chi connectivity index (χ4v) is 2.58. The van der Waals surface area contributed by atoms with Crippen molar-refractivity contribution in [3.05, 3.63) is 41.4 Å². The number of aromatic nitrogens is 6. The van der Waals surface area contributed by atoms with Gasteiger partial charge in [-0.15, -0.1) is 5.10 Å². The van der Waals surface area contributed by atoms with Gasteiger partial charge in [-0.25, -0.2) is 9.97 Å². The second-order valence-corrected chi connectivity index (χ2v) is 5.76. The number of nitrogens with zero attached hydrogens (tertiary/aromatic N) is 6. The highest BCUT2D eigenvalue weighted by molar-refractivity contribution is 6.32. The third-order valence-corrected chi connectivity index (χ3v) is 3.96. The van der Waals surface area contributed by atoms with Crippen LogP contribution >= 0.6 is 11.6 Å². The lowest BCUT2D eigenvalue weighted by molar-refractivity contribution is 0.660. The van der Waals surface area contributed by atoms with E-state index in [1.165, 1.54) is 0 Å². The zero-order valence-electron chi connectivity index (χ0n) is 12.1. The van der Waals surface area contributed by atoms with E-state index in [1.54, 1.807) is 15.6 Å². The van der Waals surface area contributed by atoms with Gasteiger partial charge in [-0.1, -0.05) is 17.7 Å². The average Bonchev–Trinajstić information content (AvgIpc) is 3.20. The van der Waals surface area contributed by atoms with Crippen molar-refractivity contribution in [2.75, 3.05) is 0 Å². The topological polar surface area (TPSA) is 61.4 Å². The normalized spacial score (nSPS) is 14.5. The summed E-state index contributed by atoms with van der Waals surface area (Å²) in [6.45, 7) is 2.78. The fraction of sp³-hybridized carbons (Fsp3) is 0.333. The summed E-state index contributed by atoms with van der Waals surface area (Å²) < 4.78 is 3.54. The molecule has 22 heavy (non-hydrogen) atoms. The molecule has 0 saturated heterocycles. The first-order chi connectivity index (χ1) is 10.8. The lowest BCUT2D eigenvalue weighted by atomic mass is 10.4. The van der Waals surface area contributed by atoms with E-state index in [1.807, 2.05) is 31.3 Å². The van der Waals surface area contributed by atoms with Crippen molar-refractivity contribution in [1.29, 1.82) is 0 Å². The summed E-state index contributed by atoms with van der Waals surface area (Å²) in [5.74, 6) is 2.68. The Labute approximate surface area is 132 Å². The van der Waals surface area contributed by atoms with Crippen molar-refractivity contribution in [2.24, 2.45) is 0 Å². The molecule has 1 aliphatic carbocycles. The maximum absolute atomic E-state index is 6.34. The molecule has 1 aliphatic rings. The van der Waals surface area contributed by atoms with E-state index in [0.29, 0.717) is 22.5 Å². The van der Waals surface area contributed by atoms with Crippen LogP contribution in [0.2, 0.25) is 5.02 Å². The molecule has 6 nitrogen and oxygen atoms in total. The molecule has 0 radical (unpaired) electrons. The molecule has 3 heterocycles. The zero-order valence-corrected chi connectivity index (χ0v) is 12.9. The second-order valence-electron chi connectivity index (χ2n) is 5.35. The largest absolute Gasteiger partial charge is 0.271 e. The van der Waals surface area contributed by atoms with Crippen LogP contribution < -0.4 is 0 Å². The van der Waals surface area contributed by atoms with Crippen molar-refractivity contribution in [2.45, 2.75) is 32.2 Å². The number of hydrogen-bond acceptors (Lipinski definition) is 4. The highest BCUT2D eigenvalue weighted by atomic mass is 35.5. The Kier molecular flexibility index (Phi) is 3.18. The molecule has 1 fully saturated rings. The smallest absolute Gasteiger partial charge is 0.187 e. The molecule has 0 aliphatic heterocycles. The number of rotatable bonds is 4. The maximum Gasteiger partial charge on any atom is 0.187 e. The Hall–Kier alpha value is -2.21. The molecule has 3 aromatic rings. The summed E-state index contributed by atoms with van der Waals surface area (Å²) in [6, 6.07) is 5.71. The Morgan fingerprint density at radius 1 is 1.27 bits per heavy atom. The molecule has 7 heteroatoms. The first-order valence-corrected chi connectivity index (χ1v) is 7.75. The highest BCUT2D eigenvalue weighted by Gasteiger charge is 2.30. The van der Waals surface area contributed by atoms with Crippen LogP contribution in [0.4, 0.5) is 0 Å². The van der Waals surface area contributed by atoms with Crippen molar-refractivity contribution in [1.82, 2.24) is 29.5 Å². The van der Waals surface area contributed by atoms with Crippen LogP contribution in [0.1, 0.15) is 31.5 Å². The van der Waals surface area contributed by atoms with Gasteiger partial charge in [0.25, 0.3) is 0 Å². The number of aryl methyl sites for hydroxylation is 1. The first kappa shape index (κ1) is 13.5. The number of pyridine rings is 1. The SMILES string of the molecule is CCn1cc(Cl)c(-c2nc(C3CC3)nn2-c2ccccn2)n1. The molecule has 0 bridgehead atoms. The third kappa shape index (κ3) is 2.29. The monoisotopic (exact) mass is 314 g/mol. The fourth-order valence-electron chi connectivity index (χ4n) is 2.35. The molecule has 4 rings (SSSR count). The minimum absolute atomic E-state index is 0.454. The average molecular weight is 315 g/mol. The summed E-state index contributed by atoms with van der Waals surface area (Å²) in [5.41, 5.74) is 0.647. The summed E-state index contributed by atoms with van der Waals surface area (Å²) in [7, 11) is 0. The zero-order chi connectivity index (χ0) is 15.1. The van der Waals surface area contributed by atoms with E-state index in [9.17, 15) is 0 Å². The molecular formula is C15H15ClN6. The molecule has 0 unspecified atom stereocenters. The van der Waals surface area contributed by atoms with E-state index in [-0.39, 0.29) is 0 Å². The number of halogens is 1. The Morgan fingerprint density at radius 3 is 2.77 bits per heavy atom. The Bertz CT molecular complexity index is 803. The van der Waals surface area contributed by atoms with Gasteiger partial charge in [0.1, 0.15) is 5.69 Å². The molecule has 1 saturated carbocycles. The van der Waals surface area contributed by atoms with E-state index >= 15 is 0 Å². The lowest BCUT2D eigenvalue weighted by Gasteiger charge is -2.02. The molecule has 0 spiro atoms. The van der Waals surface area contributed by atoms with Crippen LogP contribution in [0.3, 0.4) is 0 Å². The van der Waals surface area contributed by atoms with Gasteiger partial charge in [-0.3, -0.25) is 4.68 Å². The Balaban J connectivity index is 1.88. The van der Waals surface area contributed by atoms with Gasteiger partial charge in [-0.05, 0) is 31.9 Å². The molecule has 112 valence electrons. The van der Waals surface area contributed by atoms with Crippen LogP contribution in [0, 0.1) is 0 Å². The minimum atomic E-state index is 0.454. The van der Waals surface area contributed by atoms with Crippen molar-refractivity contribution >= 4 is 11.6 Å². The third-order valence-electron chi connectivity index (χ3n) is 3.69. The highest BCUT2D eigenvalue weighted by Crippen LogP contribution is 2.39. The van der Waals surface area contributed by atoms with Gasteiger partial charge >= 0.3 is 0 Å². The van der Waals surface area contributed by atoms with Gasteiger partial charge in [0.15, 0.2) is 17.5 Å². The van der Waals surface area contributed by atoms with Gasteiger partial charge in [0, 0.05) is 24.9 Å². The second kappa shape index (κ2) is 5.21. The molecule has 0 N–H and O–H groups in total. The van der Waals surface area contributed by atoms with E-state index in [2.05, 4.69) is 20.2 Å². The molecule has 3 aromatic heterocycles. The lowest BCUT2D eigenvalue weighted by Crippen LogP contribution is -2.03. The van der Waals surface area contributed by atoms with Gasteiger partial charge < -0.3 is 0 Å². The van der Waals surface area contributed by atoms with E-state index < -0.39 is 0 Å². The summed E-state index contributed by atoms with van der Waals surface area (Å²) in [4.78, 5) is 9.05. The Morgan fingerprint density at radius 2 is 2.14 bits per heavy atom. The van der Waals surface area contributed by atoms with Gasteiger partial charge in [0.2, 0.25) is 0 Å². The van der Waals surface area contributed by atoms with E-state index in [0.717, 1.165) is 31.0 Å². The van der Waals surface area contributed by atoms with Crippen LogP contribution in [0.25, 0.3) is 17.3 Å². The molecule has 0 atom stereocenters. The van der Waals surface area contributed by atoms with Crippen LogP contribution in [-0.4, -0.2) is 29.5 Å². The molecular weight excluding hydrogens is 300 g/mol. The predicted octanol–water partition coefficient (Wildman–Crippen LogP) is 3.08. The standard InChI is InChI=1S/C15H15ClN6/c1-2-21-9-11(16)13(19-21)15-18-14(10-6-7-10)20-22(15)12-5-3-4-8-17-12/h3-5,8-10H,2,6-7H2,1H3. The summed E-state index contributed by atoms with van der Waals surface area (Å²) >= 11 is 6.34. The predicted molar refractivity (Wildman–Crippen MR) is 83.0 cm³/mol.